The average Bonchev–Trinajstić information content (AvgIpc) is 3.00. The van der Waals surface area contributed by atoms with Crippen LogP contribution in [-0.2, 0) is 4.79 Å². The first kappa shape index (κ1) is 16.5. The van der Waals surface area contributed by atoms with E-state index in [0.29, 0.717) is 12.3 Å². The number of rotatable bonds is 7. The molecule has 1 heterocycles. The summed E-state index contributed by atoms with van der Waals surface area (Å²) in [6.07, 6.45) is 0. The number of amides is 1. The molecule has 1 aromatic heterocycles. The molecule has 0 saturated carbocycles. The normalized spacial score (nSPS) is 12.2. The number of nitrogens with one attached hydrogen (secondary N) is 1. The van der Waals surface area contributed by atoms with Crippen molar-refractivity contribution in [3.05, 3.63) is 52.2 Å². The fourth-order valence-electron chi connectivity index (χ4n) is 2.06. The maximum Gasteiger partial charge on any atom is 0.258 e. The summed E-state index contributed by atoms with van der Waals surface area (Å²) in [5, 5.41) is 4.98. The summed E-state index contributed by atoms with van der Waals surface area (Å²) >= 11 is 1.70. The first-order valence-electron chi connectivity index (χ1n) is 7.22. The monoisotopic (exact) mass is 318 g/mol. The highest BCUT2D eigenvalue weighted by atomic mass is 32.1. The second kappa shape index (κ2) is 7.96. The Bertz CT molecular complexity index is 579. The van der Waals surface area contributed by atoms with E-state index in [0.717, 1.165) is 0 Å². The molecule has 22 heavy (non-hydrogen) atoms. The van der Waals surface area contributed by atoms with Crippen LogP contribution in [0, 0.1) is 6.92 Å². The highest BCUT2D eigenvalue weighted by Gasteiger charge is 2.16. The minimum absolute atomic E-state index is 0.0354. The van der Waals surface area contributed by atoms with Crippen molar-refractivity contribution in [3.63, 3.8) is 0 Å². The molecular weight excluding hydrogens is 296 g/mol. The lowest BCUT2D eigenvalue weighted by Crippen LogP contribution is -2.36. The Kier molecular flexibility index (Phi) is 5.98. The molecule has 0 radical (unpaired) electrons. The van der Waals surface area contributed by atoms with Crippen LogP contribution in [0.4, 0.5) is 0 Å². The minimum Gasteiger partial charge on any atom is -0.484 e. The predicted molar refractivity (Wildman–Crippen MR) is 90.4 cm³/mol. The van der Waals surface area contributed by atoms with Gasteiger partial charge in [-0.05, 0) is 44.6 Å². The Labute approximate surface area is 135 Å². The lowest BCUT2D eigenvalue weighted by atomic mass is 10.2. The van der Waals surface area contributed by atoms with Crippen molar-refractivity contribution in [3.8, 4) is 5.75 Å². The van der Waals surface area contributed by atoms with E-state index in [4.69, 9.17) is 4.74 Å². The molecule has 0 unspecified atom stereocenters. The number of carbonyl (C=O) groups is 1. The van der Waals surface area contributed by atoms with E-state index in [1.54, 1.807) is 11.3 Å². The quantitative estimate of drug-likeness (QED) is 0.853. The molecule has 0 aliphatic heterocycles. The number of likely N-dealkylation sites (N-methyl/N-ethyl adjacent to an activating group) is 1. The summed E-state index contributed by atoms with van der Waals surface area (Å²) < 4.78 is 5.48. The SMILES string of the molecule is Cc1ccc(OCC(=O)NC[C@@H](c2cccs2)N(C)C)cc1. The van der Waals surface area contributed by atoms with Gasteiger partial charge in [0.25, 0.3) is 5.91 Å². The summed E-state index contributed by atoms with van der Waals surface area (Å²) in [5.74, 6) is 0.604. The Morgan fingerprint density at radius 1 is 1.27 bits per heavy atom. The molecular formula is C17H22N2O2S. The van der Waals surface area contributed by atoms with Crippen LogP contribution in [0.5, 0.6) is 5.75 Å². The Hall–Kier alpha value is -1.85. The lowest BCUT2D eigenvalue weighted by molar-refractivity contribution is -0.123. The van der Waals surface area contributed by atoms with Crippen molar-refractivity contribution in [2.24, 2.45) is 0 Å². The predicted octanol–water partition coefficient (Wildman–Crippen LogP) is 2.85. The van der Waals surface area contributed by atoms with Gasteiger partial charge in [0.1, 0.15) is 5.75 Å². The fourth-order valence-corrected chi connectivity index (χ4v) is 2.99. The molecule has 0 aliphatic carbocycles. The van der Waals surface area contributed by atoms with Crippen LogP contribution in [0.15, 0.2) is 41.8 Å². The van der Waals surface area contributed by atoms with Gasteiger partial charge in [-0.15, -0.1) is 11.3 Å². The average molecular weight is 318 g/mol. The summed E-state index contributed by atoms with van der Waals surface area (Å²) in [6.45, 7) is 2.62. The van der Waals surface area contributed by atoms with Crippen molar-refractivity contribution in [2.75, 3.05) is 27.2 Å². The largest absolute Gasteiger partial charge is 0.484 e. The molecule has 1 N–H and O–H groups in total. The molecule has 0 saturated heterocycles. The van der Waals surface area contributed by atoms with Crippen LogP contribution in [0.3, 0.4) is 0 Å². The molecule has 5 heteroatoms. The van der Waals surface area contributed by atoms with Crippen molar-refractivity contribution in [2.45, 2.75) is 13.0 Å². The van der Waals surface area contributed by atoms with E-state index < -0.39 is 0 Å². The second-order valence-electron chi connectivity index (χ2n) is 5.40. The van der Waals surface area contributed by atoms with Crippen molar-refractivity contribution in [1.82, 2.24) is 10.2 Å². The van der Waals surface area contributed by atoms with Crippen LogP contribution in [0.1, 0.15) is 16.5 Å². The zero-order valence-electron chi connectivity index (χ0n) is 13.2. The number of benzene rings is 1. The fraction of sp³-hybridized carbons (Fsp3) is 0.353. The van der Waals surface area contributed by atoms with E-state index in [1.165, 1.54) is 10.4 Å². The lowest BCUT2D eigenvalue weighted by Gasteiger charge is -2.23. The highest BCUT2D eigenvalue weighted by molar-refractivity contribution is 7.10. The topological polar surface area (TPSA) is 41.6 Å². The number of nitrogens with zero attached hydrogens (tertiary/aromatic N) is 1. The molecule has 0 bridgehead atoms. The van der Waals surface area contributed by atoms with Gasteiger partial charge in [-0.2, -0.15) is 0 Å². The first-order valence-corrected chi connectivity index (χ1v) is 8.10. The summed E-state index contributed by atoms with van der Waals surface area (Å²) in [5.41, 5.74) is 1.17. The van der Waals surface area contributed by atoms with Gasteiger partial charge in [0, 0.05) is 11.4 Å². The molecule has 0 spiro atoms. The summed E-state index contributed by atoms with van der Waals surface area (Å²) in [4.78, 5) is 15.3. The van der Waals surface area contributed by atoms with Crippen LogP contribution in [-0.4, -0.2) is 38.1 Å². The van der Waals surface area contributed by atoms with E-state index in [-0.39, 0.29) is 18.6 Å². The molecule has 1 amide bonds. The molecule has 1 aromatic carbocycles. The van der Waals surface area contributed by atoms with Crippen molar-refractivity contribution < 1.29 is 9.53 Å². The van der Waals surface area contributed by atoms with E-state index in [2.05, 4.69) is 16.3 Å². The van der Waals surface area contributed by atoms with Gasteiger partial charge in [-0.3, -0.25) is 4.79 Å². The number of thiophene rings is 1. The summed E-state index contributed by atoms with van der Waals surface area (Å²) in [7, 11) is 4.03. The molecule has 2 rings (SSSR count). The van der Waals surface area contributed by atoms with Gasteiger partial charge < -0.3 is 15.0 Å². The first-order chi connectivity index (χ1) is 10.6. The van der Waals surface area contributed by atoms with Crippen LogP contribution < -0.4 is 10.1 Å². The van der Waals surface area contributed by atoms with Crippen LogP contribution in [0.25, 0.3) is 0 Å². The zero-order chi connectivity index (χ0) is 15.9. The molecule has 118 valence electrons. The highest BCUT2D eigenvalue weighted by Crippen LogP contribution is 2.22. The Balaban J connectivity index is 1.80. The maximum absolute atomic E-state index is 11.9. The number of carbonyl (C=O) groups excluding carboxylic acids is 1. The van der Waals surface area contributed by atoms with Crippen molar-refractivity contribution >= 4 is 17.2 Å². The summed E-state index contributed by atoms with van der Waals surface area (Å²) in [6, 6.07) is 12.0. The molecule has 0 fully saturated rings. The minimum atomic E-state index is -0.107. The maximum atomic E-state index is 11.9. The van der Waals surface area contributed by atoms with E-state index in [1.807, 2.05) is 56.7 Å². The van der Waals surface area contributed by atoms with E-state index in [9.17, 15) is 4.79 Å². The van der Waals surface area contributed by atoms with Gasteiger partial charge in [0.05, 0.1) is 6.04 Å². The van der Waals surface area contributed by atoms with Gasteiger partial charge in [-0.25, -0.2) is 0 Å². The standard InChI is InChI=1S/C17H22N2O2S/c1-13-6-8-14(9-7-13)21-12-17(20)18-11-15(19(2)3)16-5-4-10-22-16/h4-10,15H,11-12H2,1-3H3,(H,18,20)/t15-/m0/s1. The molecule has 0 aliphatic rings. The van der Waals surface area contributed by atoms with Gasteiger partial charge in [-0.1, -0.05) is 23.8 Å². The Morgan fingerprint density at radius 2 is 2.00 bits per heavy atom. The molecule has 1 atom stereocenters. The van der Waals surface area contributed by atoms with Gasteiger partial charge in [0.2, 0.25) is 0 Å². The zero-order valence-corrected chi connectivity index (χ0v) is 14.0. The van der Waals surface area contributed by atoms with Crippen molar-refractivity contribution in [1.29, 1.82) is 0 Å². The number of aryl methyl sites for hydroxylation is 1. The van der Waals surface area contributed by atoms with Gasteiger partial charge in [0.15, 0.2) is 6.61 Å². The third kappa shape index (κ3) is 4.86. The number of hydrogen-bond donors (Lipinski definition) is 1. The number of hydrogen-bond acceptors (Lipinski definition) is 4. The van der Waals surface area contributed by atoms with Crippen LogP contribution >= 0.6 is 11.3 Å². The second-order valence-corrected chi connectivity index (χ2v) is 6.38. The van der Waals surface area contributed by atoms with Gasteiger partial charge >= 0.3 is 0 Å². The third-order valence-electron chi connectivity index (χ3n) is 3.38. The molecule has 4 nitrogen and oxygen atoms in total. The molecule has 2 aromatic rings. The Morgan fingerprint density at radius 3 is 2.59 bits per heavy atom. The van der Waals surface area contributed by atoms with E-state index >= 15 is 0 Å². The van der Waals surface area contributed by atoms with Crippen LogP contribution in [0.2, 0.25) is 0 Å². The number of ether oxygens (including phenoxy) is 1. The third-order valence-corrected chi connectivity index (χ3v) is 4.35. The smallest absolute Gasteiger partial charge is 0.258 e.